The predicted molar refractivity (Wildman–Crippen MR) is 82.5 cm³/mol. The van der Waals surface area contributed by atoms with Gasteiger partial charge in [0.2, 0.25) is 0 Å². The molecule has 0 bridgehead atoms. The number of halogens is 3. The average Bonchev–Trinajstić information content (AvgIpc) is 2.46. The third-order valence-electron chi connectivity index (χ3n) is 3.80. The highest BCUT2D eigenvalue weighted by Crippen LogP contribution is 2.27. The molecule has 0 aromatic carbocycles. The summed E-state index contributed by atoms with van der Waals surface area (Å²) in [5.41, 5.74) is -0.785. The van der Waals surface area contributed by atoms with Crippen molar-refractivity contribution in [3.8, 4) is 0 Å². The second-order valence-corrected chi connectivity index (χ2v) is 6.01. The van der Waals surface area contributed by atoms with Crippen LogP contribution in [0.4, 0.5) is 23.7 Å². The minimum absolute atomic E-state index is 0.0695. The highest BCUT2D eigenvalue weighted by atomic mass is 19.4. The molecular formula is C15H21F3N4O2. The van der Waals surface area contributed by atoms with Crippen molar-refractivity contribution in [1.82, 2.24) is 14.8 Å². The van der Waals surface area contributed by atoms with E-state index in [1.807, 2.05) is 6.92 Å². The topological polar surface area (TPSA) is 68.7 Å². The molecule has 6 nitrogen and oxygen atoms in total. The first kappa shape index (κ1) is 18.5. The van der Waals surface area contributed by atoms with Crippen LogP contribution in [-0.2, 0) is 6.18 Å². The number of hydrogen-bond acceptors (Lipinski definition) is 4. The van der Waals surface area contributed by atoms with E-state index in [1.165, 1.54) is 6.07 Å². The Labute approximate surface area is 138 Å². The van der Waals surface area contributed by atoms with E-state index in [0.29, 0.717) is 26.2 Å². The van der Waals surface area contributed by atoms with Gasteiger partial charge >= 0.3 is 12.2 Å². The number of alkyl halides is 3. The minimum atomic E-state index is -4.50. The molecule has 0 unspecified atom stereocenters. The molecule has 134 valence electrons. The second kappa shape index (κ2) is 7.35. The Balaban J connectivity index is 1.93. The van der Waals surface area contributed by atoms with E-state index >= 15 is 0 Å². The molecule has 1 aliphatic rings. The summed E-state index contributed by atoms with van der Waals surface area (Å²) in [6.07, 6.45) is -3.94. The Hall–Kier alpha value is -1.87. The summed E-state index contributed by atoms with van der Waals surface area (Å²) in [6, 6.07) is 1.57. The summed E-state index contributed by atoms with van der Waals surface area (Å²) in [5, 5.41) is 12.0. The molecule has 0 saturated carbocycles. The molecule has 24 heavy (non-hydrogen) atoms. The van der Waals surface area contributed by atoms with Crippen LogP contribution in [0, 0.1) is 0 Å². The smallest absolute Gasteiger partial charge is 0.392 e. The molecule has 1 aromatic heterocycles. The first-order valence-corrected chi connectivity index (χ1v) is 7.68. The van der Waals surface area contributed by atoms with Crippen LogP contribution in [0.2, 0.25) is 0 Å². The van der Waals surface area contributed by atoms with Crippen LogP contribution in [0.3, 0.4) is 0 Å². The lowest BCUT2D eigenvalue weighted by Crippen LogP contribution is -2.56. The van der Waals surface area contributed by atoms with Crippen LogP contribution in [0.15, 0.2) is 18.3 Å². The van der Waals surface area contributed by atoms with Crippen molar-refractivity contribution in [2.45, 2.75) is 32.2 Å². The van der Waals surface area contributed by atoms with E-state index in [1.54, 1.807) is 11.8 Å². The first-order chi connectivity index (χ1) is 11.2. The Morgan fingerprint density at radius 2 is 2.17 bits per heavy atom. The molecule has 2 rings (SSSR count). The summed E-state index contributed by atoms with van der Waals surface area (Å²) >= 11 is 0. The summed E-state index contributed by atoms with van der Waals surface area (Å²) < 4.78 is 37.4. The fourth-order valence-electron chi connectivity index (χ4n) is 2.71. The van der Waals surface area contributed by atoms with Crippen molar-refractivity contribution in [2.75, 3.05) is 31.5 Å². The Kier molecular flexibility index (Phi) is 5.66. The van der Waals surface area contributed by atoms with Crippen LogP contribution in [0.5, 0.6) is 0 Å². The molecule has 1 aromatic rings. The van der Waals surface area contributed by atoms with Gasteiger partial charge in [-0.1, -0.05) is 0 Å². The maximum Gasteiger partial charge on any atom is 0.433 e. The van der Waals surface area contributed by atoms with Gasteiger partial charge in [0.15, 0.2) is 0 Å². The summed E-state index contributed by atoms with van der Waals surface area (Å²) in [5.74, 6) is 0. The van der Waals surface area contributed by atoms with Crippen LogP contribution >= 0.6 is 0 Å². The van der Waals surface area contributed by atoms with E-state index in [2.05, 4.69) is 15.2 Å². The van der Waals surface area contributed by atoms with Crippen molar-refractivity contribution < 1.29 is 23.1 Å². The van der Waals surface area contributed by atoms with E-state index < -0.39 is 18.0 Å². The Bertz CT molecular complexity index is 563. The standard InChI is InChI=1S/C15H21F3N4O2/c1-10-8-21(9-11(2)23)5-6-22(10)14(24)20-12-3-4-13(19-7-12)15(16,17)18/h3-4,7,10-11,23H,5-6,8-9H2,1-2H3,(H,20,24)/t10-,11+/m1/s1. The number of nitrogens with zero attached hydrogens (tertiary/aromatic N) is 3. The maximum atomic E-state index is 12.5. The lowest BCUT2D eigenvalue weighted by atomic mass is 10.2. The number of aliphatic hydroxyl groups excluding tert-OH is 1. The molecule has 0 radical (unpaired) electrons. The van der Waals surface area contributed by atoms with Gasteiger partial charge in [-0.2, -0.15) is 13.2 Å². The number of β-amino-alcohol motifs (C(OH)–C–C–N with tert-alkyl or cyclic N) is 1. The van der Waals surface area contributed by atoms with Gasteiger partial charge in [-0.3, -0.25) is 4.90 Å². The zero-order valence-corrected chi connectivity index (χ0v) is 13.5. The largest absolute Gasteiger partial charge is 0.433 e. The van der Waals surface area contributed by atoms with Crippen molar-refractivity contribution in [3.05, 3.63) is 24.0 Å². The van der Waals surface area contributed by atoms with Crippen molar-refractivity contribution in [2.24, 2.45) is 0 Å². The van der Waals surface area contributed by atoms with E-state index in [0.717, 1.165) is 12.3 Å². The number of carbonyl (C=O) groups is 1. The van der Waals surface area contributed by atoms with Gasteiger partial charge in [0.05, 0.1) is 18.0 Å². The lowest BCUT2D eigenvalue weighted by Gasteiger charge is -2.40. The lowest BCUT2D eigenvalue weighted by molar-refractivity contribution is -0.141. The molecule has 0 aliphatic carbocycles. The van der Waals surface area contributed by atoms with E-state index in [9.17, 15) is 23.1 Å². The second-order valence-electron chi connectivity index (χ2n) is 6.01. The summed E-state index contributed by atoms with van der Waals surface area (Å²) in [6.45, 7) is 5.88. The van der Waals surface area contributed by atoms with Crippen LogP contribution in [-0.4, -0.2) is 64.2 Å². The number of pyridine rings is 1. The van der Waals surface area contributed by atoms with Gasteiger partial charge < -0.3 is 15.3 Å². The molecule has 1 fully saturated rings. The average molecular weight is 346 g/mol. The molecule has 2 amide bonds. The number of aromatic nitrogens is 1. The molecule has 2 heterocycles. The number of nitrogens with one attached hydrogen (secondary N) is 1. The molecule has 2 N–H and O–H groups in total. The highest BCUT2D eigenvalue weighted by molar-refractivity contribution is 5.89. The Morgan fingerprint density at radius 3 is 2.67 bits per heavy atom. The monoisotopic (exact) mass is 346 g/mol. The highest BCUT2D eigenvalue weighted by Gasteiger charge is 2.32. The number of amides is 2. The van der Waals surface area contributed by atoms with Crippen molar-refractivity contribution >= 4 is 11.7 Å². The van der Waals surface area contributed by atoms with E-state index in [4.69, 9.17) is 0 Å². The molecular weight excluding hydrogens is 325 g/mol. The summed E-state index contributed by atoms with van der Waals surface area (Å²) in [4.78, 5) is 19.3. The Morgan fingerprint density at radius 1 is 1.46 bits per heavy atom. The molecule has 1 aliphatic heterocycles. The molecule has 0 spiro atoms. The van der Waals surface area contributed by atoms with Gasteiger partial charge in [0, 0.05) is 32.2 Å². The fourth-order valence-corrected chi connectivity index (χ4v) is 2.71. The number of piperazine rings is 1. The third-order valence-corrected chi connectivity index (χ3v) is 3.80. The molecule has 9 heteroatoms. The zero-order valence-electron chi connectivity index (χ0n) is 13.5. The van der Waals surface area contributed by atoms with Gasteiger partial charge in [0.25, 0.3) is 0 Å². The SMILES string of the molecule is C[C@H](O)CN1CCN(C(=O)Nc2ccc(C(F)(F)F)nc2)[C@H](C)C1. The normalized spacial score (nSPS) is 20.8. The number of carbonyl (C=O) groups excluding carboxylic acids is 1. The number of rotatable bonds is 3. The molecule has 1 saturated heterocycles. The summed E-state index contributed by atoms with van der Waals surface area (Å²) in [7, 11) is 0. The number of anilines is 1. The van der Waals surface area contributed by atoms with Crippen LogP contribution in [0.1, 0.15) is 19.5 Å². The van der Waals surface area contributed by atoms with Gasteiger partial charge in [-0.05, 0) is 26.0 Å². The van der Waals surface area contributed by atoms with Crippen LogP contribution in [0.25, 0.3) is 0 Å². The molecule has 2 atom stereocenters. The van der Waals surface area contributed by atoms with Crippen LogP contribution < -0.4 is 5.32 Å². The zero-order chi connectivity index (χ0) is 17.9. The van der Waals surface area contributed by atoms with Gasteiger partial charge in [0.1, 0.15) is 5.69 Å². The third kappa shape index (κ3) is 4.81. The predicted octanol–water partition coefficient (Wildman–Crippen LogP) is 2.02. The number of hydrogen-bond donors (Lipinski definition) is 2. The van der Waals surface area contributed by atoms with Gasteiger partial charge in [-0.15, -0.1) is 0 Å². The fraction of sp³-hybridized carbons (Fsp3) is 0.600. The van der Waals surface area contributed by atoms with Crippen molar-refractivity contribution in [3.63, 3.8) is 0 Å². The number of aliphatic hydroxyl groups is 1. The van der Waals surface area contributed by atoms with Crippen molar-refractivity contribution in [1.29, 1.82) is 0 Å². The van der Waals surface area contributed by atoms with E-state index in [-0.39, 0.29) is 17.8 Å². The minimum Gasteiger partial charge on any atom is -0.392 e. The quantitative estimate of drug-likeness (QED) is 0.879. The van der Waals surface area contributed by atoms with Gasteiger partial charge in [-0.25, -0.2) is 9.78 Å². The number of urea groups is 1. The first-order valence-electron chi connectivity index (χ1n) is 7.68. The maximum absolute atomic E-state index is 12.5.